The van der Waals surface area contributed by atoms with Crippen LogP contribution in [0.2, 0.25) is 0 Å². The van der Waals surface area contributed by atoms with Crippen molar-refractivity contribution >= 4 is 46.4 Å². The van der Waals surface area contributed by atoms with E-state index in [1.807, 2.05) is 42.5 Å². The Morgan fingerprint density at radius 1 is 0.552 bits per heavy atom. The lowest BCUT2D eigenvalue weighted by atomic mass is 10.3. The summed E-state index contributed by atoms with van der Waals surface area (Å²) in [7, 11) is 0. The van der Waals surface area contributed by atoms with Crippen molar-refractivity contribution in [3.63, 3.8) is 0 Å². The van der Waals surface area contributed by atoms with Gasteiger partial charge < -0.3 is 27.4 Å². The number of anilines is 8. The van der Waals surface area contributed by atoms with Gasteiger partial charge >= 0.3 is 0 Å². The molecule has 0 aliphatic heterocycles. The molecule has 0 fully saturated rings. The molecule has 0 aliphatic carbocycles. The molecular formula is C20H19N9. The van der Waals surface area contributed by atoms with Crippen LogP contribution in [0.3, 0.4) is 0 Å². The van der Waals surface area contributed by atoms with Crippen LogP contribution in [-0.4, -0.2) is 19.9 Å². The predicted molar refractivity (Wildman–Crippen MR) is 116 cm³/mol. The van der Waals surface area contributed by atoms with Crippen molar-refractivity contribution in [1.82, 2.24) is 19.9 Å². The Morgan fingerprint density at radius 2 is 1.03 bits per heavy atom. The van der Waals surface area contributed by atoms with E-state index in [0.29, 0.717) is 35.0 Å². The van der Waals surface area contributed by atoms with Crippen LogP contribution in [0, 0.1) is 0 Å². The van der Waals surface area contributed by atoms with Gasteiger partial charge in [0.05, 0.1) is 0 Å². The Bertz CT molecular complexity index is 1020. The first-order valence-electron chi connectivity index (χ1n) is 8.83. The summed E-state index contributed by atoms with van der Waals surface area (Å²) >= 11 is 0. The monoisotopic (exact) mass is 385 g/mol. The molecule has 0 radical (unpaired) electrons. The van der Waals surface area contributed by atoms with Crippen molar-refractivity contribution in [2.45, 2.75) is 0 Å². The van der Waals surface area contributed by atoms with Crippen LogP contribution in [0.1, 0.15) is 0 Å². The molecule has 0 aliphatic rings. The van der Waals surface area contributed by atoms with Crippen molar-refractivity contribution in [3.05, 3.63) is 72.9 Å². The van der Waals surface area contributed by atoms with E-state index in [-0.39, 0.29) is 0 Å². The van der Waals surface area contributed by atoms with E-state index in [1.54, 1.807) is 30.5 Å². The molecule has 0 spiro atoms. The van der Waals surface area contributed by atoms with E-state index < -0.39 is 0 Å². The number of nitrogen functional groups attached to an aromatic ring is 2. The minimum absolute atomic E-state index is 0.342. The molecule has 7 N–H and O–H groups in total. The number of nitrogens with zero attached hydrogens (tertiary/aromatic N) is 4. The number of hydrogen-bond acceptors (Lipinski definition) is 9. The molecule has 0 amide bonds. The molecule has 4 rings (SSSR count). The first kappa shape index (κ1) is 18.0. The van der Waals surface area contributed by atoms with E-state index in [0.717, 1.165) is 11.4 Å². The highest BCUT2D eigenvalue weighted by atomic mass is 15.3. The quantitative estimate of drug-likeness (QED) is 0.314. The second-order valence-electron chi connectivity index (χ2n) is 6.14. The molecule has 2 aromatic heterocycles. The fourth-order valence-corrected chi connectivity index (χ4v) is 2.49. The van der Waals surface area contributed by atoms with Gasteiger partial charge in [0.15, 0.2) is 0 Å². The fourth-order valence-electron chi connectivity index (χ4n) is 2.49. The summed E-state index contributed by atoms with van der Waals surface area (Å²) in [5.74, 6) is 1.69. The third-order valence-corrected chi connectivity index (χ3v) is 3.87. The molecule has 0 saturated carbocycles. The third-order valence-electron chi connectivity index (χ3n) is 3.87. The molecule has 9 heteroatoms. The zero-order chi connectivity index (χ0) is 20.1. The molecule has 29 heavy (non-hydrogen) atoms. The van der Waals surface area contributed by atoms with Crippen LogP contribution in [0.25, 0.3) is 0 Å². The molecule has 0 atom stereocenters. The molecule has 4 aromatic rings. The van der Waals surface area contributed by atoms with Crippen molar-refractivity contribution in [2.75, 3.05) is 27.4 Å². The number of hydrogen-bond donors (Lipinski definition) is 5. The predicted octanol–water partition coefficient (Wildman–Crippen LogP) is 3.66. The summed E-state index contributed by atoms with van der Waals surface area (Å²) < 4.78 is 0. The van der Waals surface area contributed by atoms with Crippen LogP contribution < -0.4 is 27.4 Å². The van der Waals surface area contributed by atoms with Crippen LogP contribution in [0.5, 0.6) is 0 Å². The minimum Gasteiger partial charge on any atom is -0.399 e. The molecule has 0 unspecified atom stereocenters. The summed E-state index contributed by atoms with van der Waals surface area (Å²) in [6, 6.07) is 20.1. The average Bonchev–Trinajstić information content (AvgIpc) is 2.72. The second-order valence-corrected chi connectivity index (χ2v) is 6.14. The van der Waals surface area contributed by atoms with Gasteiger partial charge in [0, 0.05) is 28.9 Å². The van der Waals surface area contributed by atoms with E-state index in [1.165, 1.54) is 0 Å². The van der Waals surface area contributed by atoms with E-state index >= 15 is 0 Å². The lowest BCUT2D eigenvalue weighted by molar-refractivity contribution is 1.06. The molecular weight excluding hydrogens is 366 g/mol. The summed E-state index contributed by atoms with van der Waals surface area (Å²) in [6.45, 7) is 0. The van der Waals surface area contributed by atoms with Crippen molar-refractivity contribution < 1.29 is 0 Å². The first-order valence-corrected chi connectivity index (χ1v) is 8.83. The van der Waals surface area contributed by atoms with Crippen LogP contribution in [0.4, 0.5) is 46.4 Å². The number of aromatic nitrogens is 4. The minimum atomic E-state index is 0.342. The Morgan fingerprint density at radius 3 is 1.48 bits per heavy atom. The average molecular weight is 385 g/mol. The Kier molecular flexibility index (Phi) is 5.02. The largest absolute Gasteiger partial charge is 0.399 e. The summed E-state index contributed by atoms with van der Waals surface area (Å²) in [6.07, 6.45) is 1.69. The molecule has 2 heterocycles. The van der Waals surface area contributed by atoms with Gasteiger partial charge in [-0.25, -0.2) is 4.98 Å². The fraction of sp³-hybridized carbons (Fsp3) is 0. The molecule has 0 bridgehead atoms. The van der Waals surface area contributed by atoms with Gasteiger partial charge in [-0.15, -0.1) is 0 Å². The van der Waals surface area contributed by atoms with Gasteiger partial charge in [-0.2, -0.15) is 15.0 Å². The number of pyridine rings is 1. The highest BCUT2D eigenvalue weighted by Gasteiger charge is 2.09. The maximum Gasteiger partial charge on any atom is 0.235 e. The topological polar surface area (TPSA) is 140 Å². The Balaban J connectivity index is 1.64. The number of nitrogens with two attached hydrogens (primary N) is 2. The van der Waals surface area contributed by atoms with Crippen LogP contribution in [-0.2, 0) is 0 Å². The SMILES string of the molecule is Nc1ccc(Nc2nc(Nc3ccc(N)cc3)nc(Nc3ccccn3)n2)cc1. The maximum atomic E-state index is 5.75. The second kappa shape index (κ2) is 8.09. The van der Waals surface area contributed by atoms with E-state index in [2.05, 4.69) is 35.9 Å². The summed E-state index contributed by atoms with van der Waals surface area (Å²) in [5.41, 5.74) is 14.4. The molecule has 0 saturated heterocycles. The summed E-state index contributed by atoms with van der Waals surface area (Å²) in [5, 5.41) is 9.39. The first-order chi connectivity index (χ1) is 14.1. The van der Waals surface area contributed by atoms with Crippen molar-refractivity contribution in [3.8, 4) is 0 Å². The van der Waals surface area contributed by atoms with Gasteiger partial charge in [0.25, 0.3) is 0 Å². The number of nitrogens with one attached hydrogen (secondary N) is 3. The molecule has 144 valence electrons. The van der Waals surface area contributed by atoms with Gasteiger partial charge in [0.2, 0.25) is 17.8 Å². The zero-order valence-electron chi connectivity index (χ0n) is 15.4. The van der Waals surface area contributed by atoms with Crippen molar-refractivity contribution in [2.24, 2.45) is 0 Å². The smallest absolute Gasteiger partial charge is 0.235 e. The third kappa shape index (κ3) is 4.86. The standard InChI is InChI=1S/C20H19N9/c21-13-4-8-15(9-5-13)24-18-27-19(25-16-10-6-14(22)7-11-16)29-20(28-18)26-17-3-1-2-12-23-17/h1-12H,21-22H2,(H3,23,24,25,26,27,28,29). The number of benzene rings is 2. The highest BCUT2D eigenvalue weighted by molar-refractivity contribution is 5.62. The van der Waals surface area contributed by atoms with Gasteiger partial charge in [-0.3, -0.25) is 0 Å². The number of rotatable bonds is 6. The van der Waals surface area contributed by atoms with Gasteiger partial charge in [-0.1, -0.05) is 6.07 Å². The zero-order valence-corrected chi connectivity index (χ0v) is 15.4. The Labute approximate surface area is 167 Å². The molecule has 9 nitrogen and oxygen atoms in total. The summed E-state index contributed by atoms with van der Waals surface area (Å²) in [4.78, 5) is 17.5. The van der Waals surface area contributed by atoms with Gasteiger partial charge in [0.1, 0.15) is 5.82 Å². The lowest BCUT2D eigenvalue weighted by Crippen LogP contribution is -2.07. The van der Waals surface area contributed by atoms with Crippen LogP contribution >= 0.6 is 0 Å². The Hall–Kier alpha value is -4.40. The van der Waals surface area contributed by atoms with E-state index in [9.17, 15) is 0 Å². The molecule has 2 aromatic carbocycles. The van der Waals surface area contributed by atoms with Crippen molar-refractivity contribution in [1.29, 1.82) is 0 Å². The maximum absolute atomic E-state index is 5.75. The normalized spacial score (nSPS) is 10.3. The van der Waals surface area contributed by atoms with Gasteiger partial charge in [-0.05, 0) is 60.7 Å². The van der Waals surface area contributed by atoms with E-state index in [4.69, 9.17) is 11.5 Å². The van der Waals surface area contributed by atoms with Crippen LogP contribution in [0.15, 0.2) is 72.9 Å². The highest BCUT2D eigenvalue weighted by Crippen LogP contribution is 2.21. The lowest BCUT2D eigenvalue weighted by Gasteiger charge is -2.11.